The van der Waals surface area contributed by atoms with E-state index in [1.54, 1.807) is 23.7 Å². The van der Waals surface area contributed by atoms with Crippen molar-refractivity contribution in [2.24, 2.45) is 0 Å². The molecule has 2 aromatic rings. The predicted octanol–water partition coefficient (Wildman–Crippen LogP) is 2.22. The number of fused-ring (bicyclic) bond motifs is 1. The van der Waals surface area contributed by atoms with Gasteiger partial charge in [0, 0.05) is 6.20 Å². The summed E-state index contributed by atoms with van der Waals surface area (Å²) in [6.07, 6.45) is 3.38. The molecule has 0 bridgehead atoms. The van der Waals surface area contributed by atoms with Gasteiger partial charge in [-0.05, 0) is 20.8 Å². The average Bonchev–Trinajstić information content (AvgIpc) is 2.78. The number of aryl methyl sites for hydroxylation is 1. The van der Waals surface area contributed by atoms with Gasteiger partial charge in [0.15, 0.2) is 0 Å². The molecule has 0 spiro atoms. The molecule has 0 aromatic carbocycles. The maximum absolute atomic E-state index is 12.0. The van der Waals surface area contributed by atoms with Gasteiger partial charge in [0.25, 0.3) is 0 Å². The summed E-state index contributed by atoms with van der Waals surface area (Å²) in [6.45, 7) is 10.0. The molecule has 20 heavy (non-hydrogen) atoms. The van der Waals surface area contributed by atoms with E-state index in [2.05, 4.69) is 16.5 Å². The Morgan fingerprint density at radius 3 is 2.70 bits per heavy atom. The lowest BCUT2D eigenvalue weighted by molar-refractivity contribution is 0.0511. The van der Waals surface area contributed by atoms with Gasteiger partial charge in [-0.25, -0.2) is 9.78 Å². The first-order valence-corrected chi connectivity index (χ1v) is 6.42. The molecule has 0 saturated carbocycles. The number of rotatable bonds is 5. The van der Waals surface area contributed by atoms with Crippen LogP contribution in [-0.2, 0) is 9.47 Å². The molecule has 0 unspecified atom stereocenters. The molecule has 2 aromatic heterocycles. The van der Waals surface area contributed by atoms with Crippen molar-refractivity contribution >= 4 is 17.2 Å². The minimum Gasteiger partial charge on any atom is -0.492 e. The highest BCUT2D eigenvalue weighted by atomic mass is 16.5. The quantitative estimate of drug-likeness (QED) is 0.618. The number of ether oxygens (including phenoxy) is 2. The molecule has 6 heteroatoms. The fourth-order valence-corrected chi connectivity index (χ4v) is 1.87. The largest absolute Gasteiger partial charge is 0.492 e. The van der Waals surface area contributed by atoms with Gasteiger partial charge < -0.3 is 9.47 Å². The number of hydrogen-bond donors (Lipinski definition) is 0. The van der Waals surface area contributed by atoms with Crippen LogP contribution in [0.5, 0.6) is 0 Å². The van der Waals surface area contributed by atoms with Crippen LogP contribution in [-0.4, -0.2) is 33.6 Å². The molecule has 2 heterocycles. The second kappa shape index (κ2) is 5.73. The molecular weight excluding hydrogens is 258 g/mol. The lowest BCUT2D eigenvalue weighted by Gasteiger charge is -2.04. The van der Waals surface area contributed by atoms with Crippen molar-refractivity contribution in [2.75, 3.05) is 13.2 Å². The molecule has 0 aliphatic heterocycles. The molecule has 0 fully saturated rings. The molecule has 0 amide bonds. The summed E-state index contributed by atoms with van der Waals surface area (Å²) in [6, 6.07) is 0. The molecule has 106 valence electrons. The summed E-state index contributed by atoms with van der Waals surface area (Å²) >= 11 is 0. The van der Waals surface area contributed by atoms with Crippen LogP contribution < -0.4 is 0 Å². The van der Waals surface area contributed by atoms with Gasteiger partial charge >= 0.3 is 5.97 Å². The molecule has 0 saturated heterocycles. The summed E-state index contributed by atoms with van der Waals surface area (Å²) in [7, 11) is 0. The van der Waals surface area contributed by atoms with Gasteiger partial charge in [-0.1, -0.05) is 6.58 Å². The van der Waals surface area contributed by atoms with Crippen molar-refractivity contribution in [3.05, 3.63) is 36.2 Å². The van der Waals surface area contributed by atoms with E-state index in [1.807, 2.05) is 13.8 Å². The van der Waals surface area contributed by atoms with Crippen LogP contribution in [0.4, 0.5) is 0 Å². The first kappa shape index (κ1) is 14.0. The van der Waals surface area contributed by atoms with Crippen molar-refractivity contribution in [3.8, 4) is 0 Å². The van der Waals surface area contributed by atoms with E-state index >= 15 is 0 Å². The second-order valence-electron chi connectivity index (χ2n) is 4.14. The summed E-state index contributed by atoms with van der Waals surface area (Å²) < 4.78 is 12.0. The van der Waals surface area contributed by atoms with Gasteiger partial charge in [0.1, 0.15) is 11.5 Å². The van der Waals surface area contributed by atoms with Crippen LogP contribution >= 0.6 is 0 Å². The van der Waals surface area contributed by atoms with Crippen LogP contribution in [0.3, 0.4) is 0 Å². The van der Waals surface area contributed by atoms with Crippen LogP contribution in [0, 0.1) is 6.92 Å². The average molecular weight is 275 g/mol. The van der Waals surface area contributed by atoms with E-state index in [9.17, 15) is 4.79 Å². The lowest BCUT2D eigenvalue weighted by atomic mass is 10.3. The van der Waals surface area contributed by atoms with E-state index in [4.69, 9.17) is 9.47 Å². The first-order chi connectivity index (χ1) is 9.58. The minimum absolute atomic E-state index is 0.197. The van der Waals surface area contributed by atoms with E-state index in [0.29, 0.717) is 30.2 Å². The minimum atomic E-state index is -0.483. The van der Waals surface area contributed by atoms with Crippen molar-refractivity contribution in [1.82, 2.24) is 14.4 Å². The zero-order valence-electron chi connectivity index (χ0n) is 11.8. The van der Waals surface area contributed by atoms with Crippen LogP contribution in [0.2, 0.25) is 0 Å². The molecule has 0 aliphatic carbocycles. The fraction of sp³-hybridized carbons (Fsp3) is 0.357. The van der Waals surface area contributed by atoms with Crippen molar-refractivity contribution in [2.45, 2.75) is 20.8 Å². The number of imidazole rings is 1. The number of esters is 1. The maximum atomic E-state index is 12.0. The third-order valence-electron chi connectivity index (χ3n) is 2.70. The van der Waals surface area contributed by atoms with Crippen LogP contribution in [0.15, 0.2) is 19.0 Å². The van der Waals surface area contributed by atoms with E-state index in [-0.39, 0.29) is 5.82 Å². The SMILES string of the molecule is C=C(OCC)c1nc(C(=O)OCC)n2cc(C)ncc12. The van der Waals surface area contributed by atoms with Crippen molar-refractivity contribution in [1.29, 1.82) is 0 Å². The molecule has 2 rings (SSSR count). The van der Waals surface area contributed by atoms with Gasteiger partial charge in [0.2, 0.25) is 5.82 Å². The molecular formula is C14H17N3O3. The molecule has 6 nitrogen and oxygen atoms in total. The van der Waals surface area contributed by atoms with Crippen LogP contribution in [0.25, 0.3) is 11.3 Å². The van der Waals surface area contributed by atoms with Gasteiger partial charge in [-0.3, -0.25) is 9.38 Å². The number of nitrogens with zero attached hydrogens (tertiary/aromatic N) is 3. The number of carbonyl (C=O) groups is 1. The van der Waals surface area contributed by atoms with Gasteiger partial charge in [-0.15, -0.1) is 0 Å². The number of carbonyl (C=O) groups excluding carboxylic acids is 1. The number of aromatic nitrogens is 3. The van der Waals surface area contributed by atoms with Crippen LogP contribution in [0.1, 0.15) is 35.9 Å². The summed E-state index contributed by atoms with van der Waals surface area (Å²) in [5.74, 6) is 0.123. The highest BCUT2D eigenvalue weighted by Gasteiger charge is 2.20. The summed E-state index contributed by atoms with van der Waals surface area (Å²) in [5.41, 5.74) is 1.94. The molecule has 0 atom stereocenters. The highest BCUT2D eigenvalue weighted by Crippen LogP contribution is 2.21. The second-order valence-corrected chi connectivity index (χ2v) is 4.14. The van der Waals surface area contributed by atoms with E-state index < -0.39 is 5.97 Å². The highest BCUT2D eigenvalue weighted by molar-refractivity contribution is 5.89. The fourth-order valence-electron chi connectivity index (χ4n) is 1.87. The third-order valence-corrected chi connectivity index (χ3v) is 2.70. The first-order valence-electron chi connectivity index (χ1n) is 6.42. The standard InChI is InChI=1S/C14H17N3O3/c1-5-19-10(4)12-11-7-15-9(3)8-17(11)13(16-12)14(18)20-6-2/h7-8H,4-6H2,1-3H3. The molecule has 0 radical (unpaired) electrons. The Bertz CT molecular complexity index is 661. The van der Waals surface area contributed by atoms with Gasteiger partial charge in [0.05, 0.1) is 30.6 Å². The number of hydrogen-bond acceptors (Lipinski definition) is 5. The van der Waals surface area contributed by atoms with E-state index in [0.717, 1.165) is 5.69 Å². The maximum Gasteiger partial charge on any atom is 0.374 e. The monoisotopic (exact) mass is 275 g/mol. The summed E-state index contributed by atoms with van der Waals surface area (Å²) in [5, 5.41) is 0. The normalized spacial score (nSPS) is 10.6. The zero-order chi connectivity index (χ0) is 14.7. The van der Waals surface area contributed by atoms with Gasteiger partial charge in [-0.2, -0.15) is 0 Å². The Kier molecular flexibility index (Phi) is 4.02. The third kappa shape index (κ3) is 2.49. The van der Waals surface area contributed by atoms with E-state index in [1.165, 1.54) is 0 Å². The Morgan fingerprint density at radius 1 is 1.35 bits per heavy atom. The zero-order valence-corrected chi connectivity index (χ0v) is 11.8. The van der Waals surface area contributed by atoms with Crippen molar-refractivity contribution in [3.63, 3.8) is 0 Å². The predicted molar refractivity (Wildman–Crippen MR) is 74.3 cm³/mol. The molecule has 0 aliphatic rings. The Labute approximate surface area is 117 Å². The topological polar surface area (TPSA) is 65.7 Å². The Morgan fingerprint density at radius 2 is 2.05 bits per heavy atom. The summed E-state index contributed by atoms with van der Waals surface area (Å²) in [4.78, 5) is 20.5. The smallest absolute Gasteiger partial charge is 0.374 e. The Hall–Kier alpha value is -2.37. The lowest BCUT2D eigenvalue weighted by Crippen LogP contribution is -2.09. The van der Waals surface area contributed by atoms with Crippen molar-refractivity contribution < 1.29 is 14.3 Å². The molecule has 0 N–H and O–H groups in total. The Balaban J connectivity index is 2.60.